The molecule has 0 radical (unpaired) electrons. The first kappa shape index (κ1) is 12.0. The molecule has 3 N–H and O–H groups in total. The first-order chi connectivity index (χ1) is 8.36. The standard InChI is InChI=1S/C14H18N2O/c1-2-17-10-14(16-15)13-9-5-7-11-6-3-4-8-12(11)13/h3-9,14,16H,2,10,15H2,1H3. The number of hydrazine groups is 1. The molecule has 1 atom stereocenters. The van der Waals surface area contributed by atoms with Crippen LogP contribution in [0.25, 0.3) is 10.8 Å². The average Bonchev–Trinajstić information content (AvgIpc) is 2.40. The first-order valence-corrected chi connectivity index (χ1v) is 5.88. The maximum Gasteiger partial charge on any atom is 0.0699 e. The van der Waals surface area contributed by atoms with Crippen molar-refractivity contribution in [1.82, 2.24) is 5.43 Å². The highest BCUT2D eigenvalue weighted by Gasteiger charge is 2.12. The van der Waals surface area contributed by atoms with Crippen LogP contribution in [0.15, 0.2) is 42.5 Å². The lowest BCUT2D eigenvalue weighted by Gasteiger charge is -2.18. The lowest BCUT2D eigenvalue weighted by atomic mass is 9.99. The van der Waals surface area contributed by atoms with E-state index in [2.05, 4.69) is 29.7 Å². The summed E-state index contributed by atoms with van der Waals surface area (Å²) in [6.45, 7) is 3.26. The summed E-state index contributed by atoms with van der Waals surface area (Å²) in [6.07, 6.45) is 0. The van der Waals surface area contributed by atoms with Gasteiger partial charge in [-0.2, -0.15) is 0 Å². The van der Waals surface area contributed by atoms with Crippen LogP contribution in [0, 0.1) is 0 Å². The van der Waals surface area contributed by atoms with Gasteiger partial charge in [-0.05, 0) is 23.3 Å². The summed E-state index contributed by atoms with van der Waals surface area (Å²) >= 11 is 0. The lowest BCUT2D eigenvalue weighted by Crippen LogP contribution is -2.31. The van der Waals surface area contributed by atoms with E-state index in [1.54, 1.807) is 0 Å². The normalized spacial score (nSPS) is 12.8. The van der Waals surface area contributed by atoms with E-state index < -0.39 is 0 Å². The molecule has 0 amide bonds. The van der Waals surface area contributed by atoms with E-state index in [9.17, 15) is 0 Å². The van der Waals surface area contributed by atoms with Crippen molar-refractivity contribution < 1.29 is 4.74 Å². The molecule has 2 rings (SSSR count). The third-order valence-corrected chi connectivity index (χ3v) is 2.89. The maximum atomic E-state index is 5.61. The molecule has 2 aromatic rings. The number of benzene rings is 2. The smallest absolute Gasteiger partial charge is 0.0699 e. The fourth-order valence-electron chi connectivity index (χ4n) is 2.02. The summed E-state index contributed by atoms with van der Waals surface area (Å²) in [6, 6.07) is 14.6. The Morgan fingerprint density at radius 3 is 2.71 bits per heavy atom. The third-order valence-electron chi connectivity index (χ3n) is 2.89. The number of nitrogens with one attached hydrogen (secondary N) is 1. The lowest BCUT2D eigenvalue weighted by molar-refractivity contribution is 0.123. The van der Waals surface area contributed by atoms with E-state index in [0.29, 0.717) is 13.2 Å². The van der Waals surface area contributed by atoms with Gasteiger partial charge in [0.1, 0.15) is 0 Å². The molecule has 3 heteroatoms. The largest absolute Gasteiger partial charge is 0.380 e. The molecule has 0 aromatic heterocycles. The van der Waals surface area contributed by atoms with Gasteiger partial charge in [0, 0.05) is 6.61 Å². The molecule has 0 fully saturated rings. The Kier molecular flexibility index (Phi) is 4.09. The van der Waals surface area contributed by atoms with E-state index in [1.165, 1.54) is 16.3 Å². The molecule has 17 heavy (non-hydrogen) atoms. The van der Waals surface area contributed by atoms with E-state index >= 15 is 0 Å². The van der Waals surface area contributed by atoms with Crippen LogP contribution in [0.2, 0.25) is 0 Å². The fraction of sp³-hybridized carbons (Fsp3) is 0.286. The number of ether oxygens (including phenoxy) is 1. The highest BCUT2D eigenvalue weighted by Crippen LogP contribution is 2.24. The van der Waals surface area contributed by atoms with Crippen molar-refractivity contribution in [2.45, 2.75) is 13.0 Å². The number of nitrogens with two attached hydrogens (primary N) is 1. The monoisotopic (exact) mass is 230 g/mol. The Morgan fingerprint density at radius 1 is 1.18 bits per heavy atom. The second kappa shape index (κ2) is 5.77. The molecular formula is C14H18N2O. The molecule has 0 aliphatic carbocycles. The number of rotatable bonds is 5. The molecular weight excluding hydrogens is 212 g/mol. The SMILES string of the molecule is CCOCC(NN)c1cccc2ccccc12. The van der Waals surface area contributed by atoms with Crippen molar-refractivity contribution in [2.24, 2.45) is 5.84 Å². The zero-order chi connectivity index (χ0) is 12.1. The predicted molar refractivity (Wildman–Crippen MR) is 70.5 cm³/mol. The first-order valence-electron chi connectivity index (χ1n) is 5.88. The quantitative estimate of drug-likeness (QED) is 0.612. The Morgan fingerprint density at radius 2 is 1.94 bits per heavy atom. The zero-order valence-electron chi connectivity index (χ0n) is 10.0. The molecule has 0 spiro atoms. The highest BCUT2D eigenvalue weighted by molar-refractivity contribution is 5.86. The van der Waals surface area contributed by atoms with Crippen molar-refractivity contribution in [3.63, 3.8) is 0 Å². The van der Waals surface area contributed by atoms with Crippen molar-refractivity contribution in [2.75, 3.05) is 13.2 Å². The van der Waals surface area contributed by atoms with Gasteiger partial charge in [-0.15, -0.1) is 0 Å². The van der Waals surface area contributed by atoms with Crippen molar-refractivity contribution in [3.05, 3.63) is 48.0 Å². The van der Waals surface area contributed by atoms with Crippen LogP contribution in [0.3, 0.4) is 0 Å². The fourth-order valence-corrected chi connectivity index (χ4v) is 2.02. The van der Waals surface area contributed by atoms with Crippen LogP contribution < -0.4 is 11.3 Å². The molecule has 90 valence electrons. The third kappa shape index (κ3) is 2.64. The summed E-state index contributed by atoms with van der Waals surface area (Å²) in [5.74, 6) is 5.61. The Hall–Kier alpha value is -1.42. The van der Waals surface area contributed by atoms with E-state index in [4.69, 9.17) is 10.6 Å². The van der Waals surface area contributed by atoms with Crippen LogP contribution in [0.4, 0.5) is 0 Å². The van der Waals surface area contributed by atoms with Crippen molar-refractivity contribution >= 4 is 10.8 Å². The molecule has 0 aliphatic rings. The van der Waals surface area contributed by atoms with Gasteiger partial charge in [0.25, 0.3) is 0 Å². The van der Waals surface area contributed by atoms with Crippen molar-refractivity contribution in [3.8, 4) is 0 Å². The summed E-state index contributed by atoms with van der Waals surface area (Å²) in [7, 11) is 0. The van der Waals surface area contributed by atoms with Gasteiger partial charge >= 0.3 is 0 Å². The van der Waals surface area contributed by atoms with E-state index in [-0.39, 0.29) is 6.04 Å². The van der Waals surface area contributed by atoms with E-state index in [0.717, 1.165) is 0 Å². The molecule has 0 heterocycles. The minimum atomic E-state index is 0.0287. The van der Waals surface area contributed by atoms with E-state index in [1.807, 2.05) is 25.1 Å². The molecule has 0 bridgehead atoms. The van der Waals surface area contributed by atoms with Crippen molar-refractivity contribution in [1.29, 1.82) is 0 Å². The van der Waals surface area contributed by atoms with Gasteiger partial charge in [-0.3, -0.25) is 11.3 Å². The summed E-state index contributed by atoms with van der Waals surface area (Å²) < 4.78 is 5.45. The highest BCUT2D eigenvalue weighted by atomic mass is 16.5. The van der Waals surface area contributed by atoms with Gasteiger partial charge in [0.15, 0.2) is 0 Å². The molecule has 0 saturated heterocycles. The van der Waals surface area contributed by atoms with Crippen LogP contribution >= 0.6 is 0 Å². The summed E-state index contributed by atoms with van der Waals surface area (Å²) in [4.78, 5) is 0. The van der Waals surface area contributed by atoms with Crippen LogP contribution in [-0.2, 0) is 4.74 Å². The number of hydrogen-bond donors (Lipinski definition) is 2. The van der Waals surface area contributed by atoms with Crippen LogP contribution in [-0.4, -0.2) is 13.2 Å². The van der Waals surface area contributed by atoms with Gasteiger partial charge in [0.05, 0.1) is 12.6 Å². The Balaban J connectivity index is 2.38. The predicted octanol–water partition coefficient (Wildman–Crippen LogP) is 2.38. The second-order valence-corrected chi connectivity index (χ2v) is 3.95. The van der Waals surface area contributed by atoms with Gasteiger partial charge < -0.3 is 4.74 Å². The minimum Gasteiger partial charge on any atom is -0.380 e. The van der Waals surface area contributed by atoms with Gasteiger partial charge in [0.2, 0.25) is 0 Å². The van der Waals surface area contributed by atoms with Crippen LogP contribution in [0.1, 0.15) is 18.5 Å². The summed E-state index contributed by atoms with van der Waals surface area (Å²) in [5.41, 5.74) is 4.00. The molecule has 2 aromatic carbocycles. The molecule has 3 nitrogen and oxygen atoms in total. The second-order valence-electron chi connectivity index (χ2n) is 3.95. The molecule has 0 saturated carbocycles. The average molecular weight is 230 g/mol. The molecule has 0 aliphatic heterocycles. The minimum absolute atomic E-state index is 0.0287. The topological polar surface area (TPSA) is 47.3 Å². The maximum absolute atomic E-state index is 5.61. The van der Waals surface area contributed by atoms with Crippen LogP contribution in [0.5, 0.6) is 0 Å². The summed E-state index contributed by atoms with van der Waals surface area (Å²) in [5, 5.41) is 2.44. The van der Waals surface area contributed by atoms with Gasteiger partial charge in [-0.25, -0.2) is 0 Å². The van der Waals surface area contributed by atoms with Gasteiger partial charge in [-0.1, -0.05) is 42.5 Å². The zero-order valence-corrected chi connectivity index (χ0v) is 10.0. The molecule has 1 unspecified atom stereocenters. The Bertz CT molecular complexity index is 479. The number of fused-ring (bicyclic) bond motifs is 1. The Labute approximate surface area is 102 Å². The number of hydrogen-bond acceptors (Lipinski definition) is 3.